The van der Waals surface area contributed by atoms with Crippen LogP contribution < -0.4 is 5.01 Å². The molecule has 0 saturated heterocycles. The largest absolute Gasteiger partial charge is 0.296 e. The van der Waals surface area contributed by atoms with E-state index in [4.69, 9.17) is 0 Å². The summed E-state index contributed by atoms with van der Waals surface area (Å²) in [6.07, 6.45) is 3.50. The second-order valence-corrected chi connectivity index (χ2v) is 6.29. The normalized spacial score (nSPS) is 16.8. The van der Waals surface area contributed by atoms with Gasteiger partial charge in [-0.2, -0.15) is 10.1 Å². The molecule has 7 heteroatoms. The SMILES string of the molecule is CC1=NN(c2ccc([N+](=O)[O-])cc2)C(=O)[C@H]1C=NCCCc1ccccc1. The van der Waals surface area contributed by atoms with Crippen molar-refractivity contribution < 1.29 is 9.72 Å². The highest BCUT2D eigenvalue weighted by Crippen LogP contribution is 2.25. The molecule has 1 aliphatic rings. The molecule has 138 valence electrons. The number of hydrogen-bond acceptors (Lipinski definition) is 5. The lowest BCUT2D eigenvalue weighted by Crippen LogP contribution is -2.28. The molecule has 1 atom stereocenters. The summed E-state index contributed by atoms with van der Waals surface area (Å²) >= 11 is 0. The van der Waals surface area contributed by atoms with Crippen molar-refractivity contribution in [2.24, 2.45) is 16.0 Å². The topological polar surface area (TPSA) is 88.2 Å². The number of non-ortho nitro benzene ring substituents is 1. The van der Waals surface area contributed by atoms with Crippen molar-refractivity contribution in [1.29, 1.82) is 0 Å². The van der Waals surface area contributed by atoms with Crippen LogP contribution in [0.1, 0.15) is 18.9 Å². The molecule has 0 bridgehead atoms. The van der Waals surface area contributed by atoms with Crippen LogP contribution in [0.3, 0.4) is 0 Å². The van der Waals surface area contributed by atoms with Gasteiger partial charge in [0.1, 0.15) is 5.92 Å². The van der Waals surface area contributed by atoms with Gasteiger partial charge in [-0.1, -0.05) is 30.3 Å². The van der Waals surface area contributed by atoms with Crippen molar-refractivity contribution in [3.63, 3.8) is 0 Å². The molecular formula is C20H20N4O3. The van der Waals surface area contributed by atoms with Gasteiger partial charge in [-0.25, -0.2) is 0 Å². The van der Waals surface area contributed by atoms with E-state index < -0.39 is 10.8 Å². The van der Waals surface area contributed by atoms with Crippen LogP contribution in [-0.2, 0) is 11.2 Å². The maximum atomic E-state index is 12.6. The van der Waals surface area contributed by atoms with Gasteiger partial charge in [0, 0.05) is 24.9 Å². The lowest BCUT2D eigenvalue weighted by atomic mass is 10.1. The minimum Gasteiger partial charge on any atom is -0.296 e. The van der Waals surface area contributed by atoms with Gasteiger partial charge in [-0.05, 0) is 37.5 Å². The van der Waals surface area contributed by atoms with Crippen LogP contribution in [-0.4, -0.2) is 29.3 Å². The van der Waals surface area contributed by atoms with Crippen LogP contribution in [0.25, 0.3) is 0 Å². The predicted octanol–water partition coefficient (Wildman–Crippen LogP) is 3.64. The monoisotopic (exact) mass is 364 g/mol. The first kappa shape index (κ1) is 18.4. The van der Waals surface area contributed by atoms with E-state index in [-0.39, 0.29) is 11.6 Å². The molecule has 0 unspecified atom stereocenters. The highest BCUT2D eigenvalue weighted by molar-refractivity contribution is 6.23. The van der Waals surface area contributed by atoms with Gasteiger partial charge in [0.15, 0.2) is 0 Å². The zero-order valence-electron chi connectivity index (χ0n) is 15.0. The highest BCUT2D eigenvalue weighted by atomic mass is 16.6. The van der Waals surface area contributed by atoms with Crippen molar-refractivity contribution in [2.75, 3.05) is 11.6 Å². The Balaban J connectivity index is 1.57. The van der Waals surface area contributed by atoms with Crippen molar-refractivity contribution in [3.05, 3.63) is 70.3 Å². The summed E-state index contributed by atoms with van der Waals surface area (Å²) < 4.78 is 0. The molecule has 0 radical (unpaired) electrons. The van der Waals surface area contributed by atoms with Crippen LogP contribution in [0.4, 0.5) is 11.4 Å². The third kappa shape index (κ3) is 4.44. The number of benzene rings is 2. The highest BCUT2D eigenvalue weighted by Gasteiger charge is 2.33. The second-order valence-electron chi connectivity index (χ2n) is 6.29. The fraction of sp³-hybridized carbons (Fsp3) is 0.250. The van der Waals surface area contributed by atoms with Gasteiger partial charge in [-0.15, -0.1) is 0 Å². The number of nitrogens with zero attached hydrogens (tertiary/aromatic N) is 4. The average Bonchev–Trinajstić information content (AvgIpc) is 2.96. The lowest BCUT2D eigenvalue weighted by molar-refractivity contribution is -0.384. The number of amides is 1. The first-order valence-electron chi connectivity index (χ1n) is 8.73. The van der Waals surface area contributed by atoms with Gasteiger partial charge in [0.2, 0.25) is 0 Å². The molecule has 0 fully saturated rings. The molecule has 1 amide bonds. The summed E-state index contributed by atoms with van der Waals surface area (Å²) in [4.78, 5) is 27.3. The number of hydrogen-bond donors (Lipinski definition) is 0. The van der Waals surface area contributed by atoms with Crippen LogP contribution >= 0.6 is 0 Å². The zero-order chi connectivity index (χ0) is 19.2. The minimum absolute atomic E-state index is 0.0253. The van der Waals surface area contributed by atoms with Gasteiger partial charge >= 0.3 is 0 Å². The van der Waals surface area contributed by atoms with Crippen LogP contribution in [0.15, 0.2) is 64.7 Å². The summed E-state index contributed by atoms with van der Waals surface area (Å²) in [5.74, 6) is -0.690. The summed E-state index contributed by atoms with van der Waals surface area (Å²) in [5, 5.41) is 16.3. The summed E-state index contributed by atoms with van der Waals surface area (Å²) in [6, 6.07) is 16.0. The first-order chi connectivity index (χ1) is 13.1. The number of carbonyl (C=O) groups is 1. The number of hydrazone groups is 1. The van der Waals surface area contributed by atoms with Gasteiger partial charge in [0.05, 0.1) is 16.3 Å². The number of carbonyl (C=O) groups excluding carboxylic acids is 1. The van der Waals surface area contributed by atoms with Gasteiger partial charge in [0.25, 0.3) is 11.6 Å². The smallest absolute Gasteiger partial charge is 0.269 e. The second kappa shape index (κ2) is 8.35. The minimum atomic E-state index is -0.489. The van der Waals surface area contributed by atoms with Crippen molar-refractivity contribution >= 4 is 29.2 Å². The lowest BCUT2D eigenvalue weighted by Gasteiger charge is -2.12. The number of nitro benzene ring substituents is 1. The maximum absolute atomic E-state index is 12.6. The molecule has 0 saturated carbocycles. The van der Waals surface area contributed by atoms with Crippen LogP contribution in [0, 0.1) is 16.0 Å². The number of rotatable bonds is 7. The third-order valence-electron chi connectivity index (χ3n) is 4.34. The number of aryl methyl sites for hydroxylation is 1. The van der Waals surface area contributed by atoms with Gasteiger partial charge < -0.3 is 0 Å². The van der Waals surface area contributed by atoms with E-state index in [1.807, 2.05) is 18.2 Å². The summed E-state index contributed by atoms with van der Waals surface area (Å²) in [5.41, 5.74) is 2.41. The van der Waals surface area contributed by atoms with E-state index in [2.05, 4.69) is 22.2 Å². The van der Waals surface area contributed by atoms with E-state index in [0.717, 1.165) is 12.8 Å². The maximum Gasteiger partial charge on any atom is 0.269 e. The molecular weight excluding hydrogens is 344 g/mol. The summed E-state index contributed by atoms with van der Waals surface area (Å²) in [6.45, 7) is 2.42. The zero-order valence-corrected chi connectivity index (χ0v) is 15.0. The molecule has 1 heterocycles. The van der Waals surface area contributed by atoms with Crippen molar-refractivity contribution in [1.82, 2.24) is 0 Å². The van der Waals surface area contributed by atoms with E-state index in [9.17, 15) is 14.9 Å². The molecule has 7 nitrogen and oxygen atoms in total. The molecule has 27 heavy (non-hydrogen) atoms. The van der Waals surface area contributed by atoms with Crippen molar-refractivity contribution in [2.45, 2.75) is 19.8 Å². The molecule has 0 aliphatic carbocycles. The van der Waals surface area contributed by atoms with E-state index in [1.54, 1.807) is 13.1 Å². The Morgan fingerprint density at radius 1 is 1.19 bits per heavy atom. The number of aliphatic imine (C=N–C) groups is 1. The molecule has 0 spiro atoms. The van der Waals surface area contributed by atoms with Gasteiger partial charge in [-0.3, -0.25) is 19.9 Å². The Labute approximate surface area is 157 Å². The first-order valence-corrected chi connectivity index (χ1v) is 8.73. The number of anilines is 1. The van der Waals surface area contributed by atoms with E-state index in [1.165, 1.54) is 34.8 Å². The Bertz CT molecular complexity index is 876. The Morgan fingerprint density at radius 2 is 1.89 bits per heavy atom. The molecule has 1 aliphatic heterocycles. The average molecular weight is 364 g/mol. The van der Waals surface area contributed by atoms with Crippen LogP contribution in [0.5, 0.6) is 0 Å². The van der Waals surface area contributed by atoms with E-state index in [0.29, 0.717) is 17.9 Å². The van der Waals surface area contributed by atoms with E-state index >= 15 is 0 Å². The molecule has 2 aromatic carbocycles. The Kier molecular flexibility index (Phi) is 5.71. The quantitative estimate of drug-likeness (QED) is 0.325. The fourth-order valence-corrected chi connectivity index (χ4v) is 2.85. The number of nitro groups is 1. The molecule has 2 aromatic rings. The predicted molar refractivity (Wildman–Crippen MR) is 105 cm³/mol. The Morgan fingerprint density at radius 3 is 2.56 bits per heavy atom. The third-order valence-corrected chi connectivity index (χ3v) is 4.34. The standard InChI is InChI=1S/C20H20N4O3/c1-15-19(14-21-13-5-8-16-6-3-2-4-7-16)20(25)23(22-15)17-9-11-18(12-10-17)24(26)27/h2-4,6-7,9-12,14,19H,5,8,13H2,1H3/t19-/m0/s1. The molecule has 0 aromatic heterocycles. The fourth-order valence-electron chi connectivity index (χ4n) is 2.85. The summed E-state index contributed by atoms with van der Waals surface area (Å²) in [7, 11) is 0. The Hall–Kier alpha value is -3.35. The van der Waals surface area contributed by atoms with Crippen LogP contribution in [0.2, 0.25) is 0 Å². The molecule has 3 rings (SSSR count). The van der Waals surface area contributed by atoms with Crippen molar-refractivity contribution in [3.8, 4) is 0 Å². The molecule has 0 N–H and O–H groups in total.